The highest BCUT2D eigenvalue weighted by Crippen LogP contribution is 2.39. The van der Waals surface area contributed by atoms with E-state index >= 15 is 0 Å². The van der Waals surface area contributed by atoms with E-state index in [1.165, 1.54) is 18.5 Å². The Labute approximate surface area is 66.2 Å². The van der Waals surface area contributed by atoms with Crippen LogP contribution in [0.4, 0.5) is 5.82 Å². The fraction of sp³-hybridized carbons (Fsp3) is 0.625. The van der Waals surface area contributed by atoms with Crippen molar-refractivity contribution in [1.82, 2.24) is 10.2 Å². The summed E-state index contributed by atoms with van der Waals surface area (Å²) < 4.78 is 0. The van der Waals surface area contributed by atoms with E-state index in [-0.39, 0.29) is 0 Å². The number of aromatic amines is 1. The van der Waals surface area contributed by atoms with Crippen LogP contribution in [0.5, 0.6) is 0 Å². The van der Waals surface area contributed by atoms with Crippen LogP contribution < -0.4 is 5.32 Å². The van der Waals surface area contributed by atoms with Gasteiger partial charge in [-0.2, -0.15) is 5.10 Å². The van der Waals surface area contributed by atoms with E-state index in [0.29, 0.717) is 0 Å². The molecule has 0 unspecified atom stereocenters. The van der Waals surface area contributed by atoms with Crippen molar-refractivity contribution in [2.24, 2.45) is 0 Å². The van der Waals surface area contributed by atoms with Gasteiger partial charge in [-0.25, -0.2) is 0 Å². The number of hydrogen-bond acceptors (Lipinski definition) is 2. The molecule has 3 nitrogen and oxygen atoms in total. The number of aromatic nitrogens is 2. The van der Waals surface area contributed by atoms with Crippen molar-refractivity contribution in [2.75, 3.05) is 11.9 Å². The maximum atomic E-state index is 4.13. The normalized spacial score (nSPS) is 16.8. The first-order chi connectivity index (χ1) is 5.40. The summed E-state index contributed by atoms with van der Waals surface area (Å²) in [7, 11) is 0. The van der Waals surface area contributed by atoms with Crippen LogP contribution in [0.3, 0.4) is 0 Å². The van der Waals surface area contributed by atoms with Crippen molar-refractivity contribution in [3.63, 3.8) is 0 Å². The van der Waals surface area contributed by atoms with Crippen LogP contribution in [0.25, 0.3) is 0 Å². The summed E-state index contributed by atoms with van der Waals surface area (Å²) >= 11 is 0. The fourth-order valence-corrected chi connectivity index (χ4v) is 1.21. The van der Waals surface area contributed by atoms with Gasteiger partial charge in [0.2, 0.25) is 0 Å². The molecule has 1 fully saturated rings. The lowest BCUT2D eigenvalue weighted by molar-refractivity contribution is 0.963. The van der Waals surface area contributed by atoms with Crippen LogP contribution in [0.15, 0.2) is 6.07 Å². The molecule has 0 saturated heterocycles. The summed E-state index contributed by atoms with van der Waals surface area (Å²) in [5.74, 6) is 1.75. The van der Waals surface area contributed by atoms with Crippen molar-refractivity contribution in [3.05, 3.63) is 11.8 Å². The maximum absolute atomic E-state index is 4.13. The summed E-state index contributed by atoms with van der Waals surface area (Å²) in [5, 5.41) is 10.3. The average molecular weight is 151 g/mol. The van der Waals surface area contributed by atoms with Gasteiger partial charge in [-0.3, -0.25) is 5.10 Å². The molecule has 2 N–H and O–H groups in total. The predicted octanol–water partition coefficient (Wildman–Crippen LogP) is 1.72. The van der Waals surface area contributed by atoms with Gasteiger partial charge in [0.1, 0.15) is 5.82 Å². The van der Waals surface area contributed by atoms with Gasteiger partial charge in [0.25, 0.3) is 0 Å². The van der Waals surface area contributed by atoms with Crippen LogP contribution in [-0.4, -0.2) is 16.7 Å². The number of H-pyrrole nitrogens is 1. The number of nitrogens with one attached hydrogen (secondary N) is 2. The van der Waals surface area contributed by atoms with E-state index in [0.717, 1.165) is 18.3 Å². The first kappa shape index (κ1) is 6.70. The zero-order chi connectivity index (χ0) is 7.68. The van der Waals surface area contributed by atoms with Crippen molar-refractivity contribution in [3.8, 4) is 0 Å². The van der Waals surface area contributed by atoms with Crippen LogP contribution in [0, 0.1) is 0 Å². The molecule has 2 rings (SSSR count). The molecule has 0 bridgehead atoms. The summed E-state index contributed by atoms with van der Waals surface area (Å²) in [4.78, 5) is 0. The highest BCUT2D eigenvalue weighted by atomic mass is 15.2. The van der Waals surface area contributed by atoms with Gasteiger partial charge in [0.05, 0.1) is 0 Å². The molecule has 60 valence electrons. The molecule has 1 aliphatic rings. The molecule has 1 aliphatic carbocycles. The van der Waals surface area contributed by atoms with Crippen LogP contribution in [-0.2, 0) is 0 Å². The Hall–Kier alpha value is -0.990. The van der Waals surface area contributed by atoms with E-state index < -0.39 is 0 Å². The Morgan fingerprint density at radius 3 is 3.18 bits per heavy atom. The molecule has 1 aromatic rings. The SMILES string of the molecule is CCNc1cc(C2CC2)[nH]n1. The lowest BCUT2D eigenvalue weighted by Gasteiger charge is -1.92. The van der Waals surface area contributed by atoms with Crippen molar-refractivity contribution >= 4 is 5.82 Å². The van der Waals surface area contributed by atoms with Gasteiger partial charge < -0.3 is 5.32 Å². The molecule has 0 radical (unpaired) electrons. The van der Waals surface area contributed by atoms with E-state index in [9.17, 15) is 0 Å². The van der Waals surface area contributed by atoms with Crippen molar-refractivity contribution in [2.45, 2.75) is 25.7 Å². The third kappa shape index (κ3) is 1.37. The highest BCUT2D eigenvalue weighted by molar-refractivity contribution is 5.37. The molecule has 1 saturated carbocycles. The van der Waals surface area contributed by atoms with Gasteiger partial charge in [-0.1, -0.05) is 0 Å². The molecule has 0 aromatic carbocycles. The summed E-state index contributed by atoms with van der Waals surface area (Å²) in [5.41, 5.74) is 1.29. The summed E-state index contributed by atoms with van der Waals surface area (Å²) in [6, 6.07) is 2.11. The minimum atomic E-state index is 0.773. The molecular weight excluding hydrogens is 138 g/mol. The summed E-state index contributed by atoms with van der Waals surface area (Å²) in [6.45, 7) is 3.01. The Morgan fingerprint density at radius 1 is 1.73 bits per heavy atom. The Morgan fingerprint density at radius 2 is 2.55 bits per heavy atom. The topological polar surface area (TPSA) is 40.7 Å². The van der Waals surface area contributed by atoms with Crippen molar-refractivity contribution in [1.29, 1.82) is 0 Å². The minimum Gasteiger partial charge on any atom is -0.369 e. The Kier molecular flexibility index (Phi) is 1.56. The van der Waals surface area contributed by atoms with Crippen molar-refractivity contribution < 1.29 is 0 Å². The largest absolute Gasteiger partial charge is 0.369 e. The third-order valence-corrected chi connectivity index (χ3v) is 1.97. The predicted molar refractivity (Wildman–Crippen MR) is 44.7 cm³/mol. The lowest BCUT2D eigenvalue weighted by atomic mass is 10.3. The molecule has 11 heavy (non-hydrogen) atoms. The van der Waals surface area contributed by atoms with Gasteiger partial charge >= 0.3 is 0 Å². The van der Waals surface area contributed by atoms with Crippen LogP contribution in [0.1, 0.15) is 31.4 Å². The van der Waals surface area contributed by atoms with Crippen LogP contribution in [0.2, 0.25) is 0 Å². The number of nitrogens with zero attached hydrogens (tertiary/aromatic N) is 1. The van der Waals surface area contributed by atoms with Gasteiger partial charge in [-0.05, 0) is 19.8 Å². The molecular formula is C8H13N3. The van der Waals surface area contributed by atoms with Gasteiger partial charge in [0.15, 0.2) is 0 Å². The van der Waals surface area contributed by atoms with E-state index in [4.69, 9.17) is 0 Å². The molecule has 0 atom stereocenters. The summed E-state index contributed by atoms with van der Waals surface area (Å²) in [6.07, 6.45) is 2.65. The van der Waals surface area contributed by atoms with Crippen LogP contribution >= 0.6 is 0 Å². The van der Waals surface area contributed by atoms with Gasteiger partial charge in [0, 0.05) is 24.2 Å². The second-order valence-electron chi connectivity index (χ2n) is 3.01. The smallest absolute Gasteiger partial charge is 0.148 e. The Balaban J connectivity index is 2.06. The zero-order valence-corrected chi connectivity index (χ0v) is 6.72. The standard InChI is InChI=1S/C8H13N3/c1-2-9-8-5-7(10-11-8)6-3-4-6/h5-6H,2-4H2,1H3,(H2,9,10,11). The molecule has 0 amide bonds. The first-order valence-corrected chi connectivity index (χ1v) is 4.19. The third-order valence-electron chi connectivity index (χ3n) is 1.97. The second-order valence-corrected chi connectivity index (χ2v) is 3.01. The highest BCUT2D eigenvalue weighted by Gasteiger charge is 2.25. The quantitative estimate of drug-likeness (QED) is 0.690. The maximum Gasteiger partial charge on any atom is 0.148 e. The Bertz CT molecular complexity index is 237. The number of anilines is 1. The molecule has 1 heterocycles. The van der Waals surface area contributed by atoms with Gasteiger partial charge in [-0.15, -0.1) is 0 Å². The van der Waals surface area contributed by atoms with E-state index in [1.807, 2.05) is 0 Å². The molecule has 0 aliphatic heterocycles. The molecule has 0 spiro atoms. The minimum absolute atomic E-state index is 0.773. The monoisotopic (exact) mass is 151 g/mol. The first-order valence-electron chi connectivity index (χ1n) is 4.19. The van der Waals surface area contributed by atoms with E-state index in [1.54, 1.807) is 0 Å². The fourth-order valence-electron chi connectivity index (χ4n) is 1.21. The number of hydrogen-bond donors (Lipinski definition) is 2. The van der Waals surface area contributed by atoms with E-state index in [2.05, 4.69) is 28.5 Å². The zero-order valence-electron chi connectivity index (χ0n) is 6.72. The average Bonchev–Trinajstić information content (AvgIpc) is 2.75. The second kappa shape index (κ2) is 2.57. The lowest BCUT2D eigenvalue weighted by Crippen LogP contribution is -1.95. The molecule has 1 aromatic heterocycles. The molecule has 3 heteroatoms. The number of rotatable bonds is 3.